The van der Waals surface area contributed by atoms with Crippen molar-refractivity contribution < 1.29 is 5.21 Å². The Morgan fingerprint density at radius 3 is 2.76 bits per heavy atom. The van der Waals surface area contributed by atoms with Crippen LogP contribution in [0.1, 0.15) is 17.0 Å². The average molecular weight is 349 g/mol. The first-order chi connectivity index (χ1) is 10.0. The number of hydrogen-bond acceptors (Lipinski definition) is 4. The highest BCUT2D eigenvalue weighted by Crippen LogP contribution is 2.24. The fourth-order valence-electron chi connectivity index (χ4n) is 2.02. The summed E-state index contributed by atoms with van der Waals surface area (Å²) in [6.45, 7) is 2.68. The van der Waals surface area contributed by atoms with Gasteiger partial charge in [0.15, 0.2) is 5.84 Å². The molecule has 0 aliphatic heterocycles. The van der Waals surface area contributed by atoms with Crippen molar-refractivity contribution in [3.05, 3.63) is 57.8 Å². The minimum absolute atomic E-state index is 0.0800. The molecule has 3 N–H and O–H groups in total. The van der Waals surface area contributed by atoms with Gasteiger partial charge in [-0.2, -0.15) is 0 Å². The minimum atomic E-state index is 0.0800. The van der Waals surface area contributed by atoms with E-state index in [0.717, 1.165) is 21.5 Å². The first-order valence-corrected chi connectivity index (χ1v) is 7.21. The molecule has 0 radical (unpaired) electrons. The molecule has 21 heavy (non-hydrogen) atoms. The molecule has 1 heterocycles. The SMILES string of the molecule is Cc1cccc(CN(C)c2ccc(/C(N)=N/O)c(Br)c2)n1. The van der Waals surface area contributed by atoms with Gasteiger partial charge in [0, 0.05) is 28.5 Å². The third-order valence-electron chi connectivity index (χ3n) is 3.12. The highest BCUT2D eigenvalue weighted by atomic mass is 79.9. The van der Waals surface area contributed by atoms with Gasteiger partial charge in [-0.3, -0.25) is 4.98 Å². The first kappa shape index (κ1) is 15.3. The summed E-state index contributed by atoms with van der Waals surface area (Å²) in [6.07, 6.45) is 0. The summed E-state index contributed by atoms with van der Waals surface area (Å²) in [5.74, 6) is 0.0800. The molecule has 1 aromatic carbocycles. The summed E-state index contributed by atoms with van der Waals surface area (Å²) in [4.78, 5) is 6.58. The second kappa shape index (κ2) is 6.58. The number of pyridine rings is 1. The molecule has 0 fully saturated rings. The maximum Gasteiger partial charge on any atom is 0.171 e. The van der Waals surface area contributed by atoms with Crippen molar-refractivity contribution in [1.29, 1.82) is 0 Å². The van der Waals surface area contributed by atoms with Crippen LogP contribution in [-0.2, 0) is 6.54 Å². The number of nitrogens with two attached hydrogens (primary N) is 1. The maximum atomic E-state index is 8.74. The van der Waals surface area contributed by atoms with E-state index in [9.17, 15) is 0 Å². The minimum Gasteiger partial charge on any atom is -0.409 e. The Balaban J connectivity index is 2.20. The van der Waals surface area contributed by atoms with E-state index in [4.69, 9.17) is 10.9 Å². The predicted molar refractivity (Wildman–Crippen MR) is 87.7 cm³/mol. The summed E-state index contributed by atoms with van der Waals surface area (Å²) in [7, 11) is 1.99. The van der Waals surface area contributed by atoms with Crippen LogP contribution in [0.15, 0.2) is 46.0 Å². The number of halogens is 1. The molecular weight excluding hydrogens is 332 g/mol. The fourth-order valence-corrected chi connectivity index (χ4v) is 2.59. The molecule has 0 unspecified atom stereocenters. The van der Waals surface area contributed by atoms with E-state index < -0.39 is 0 Å². The summed E-state index contributed by atoms with van der Waals surface area (Å²) in [5.41, 5.74) is 9.29. The molecule has 0 spiro atoms. The summed E-state index contributed by atoms with van der Waals surface area (Å²) in [6, 6.07) is 11.7. The van der Waals surface area contributed by atoms with Crippen molar-refractivity contribution in [2.75, 3.05) is 11.9 Å². The van der Waals surface area contributed by atoms with Gasteiger partial charge in [-0.15, -0.1) is 0 Å². The Bertz CT molecular complexity index is 672. The molecule has 110 valence electrons. The number of oxime groups is 1. The summed E-state index contributed by atoms with van der Waals surface area (Å²) >= 11 is 3.44. The van der Waals surface area contributed by atoms with Gasteiger partial charge in [0.2, 0.25) is 0 Å². The maximum absolute atomic E-state index is 8.74. The lowest BCUT2D eigenvalue weighted by Crippen LogP contribution is -2.18. The summed E-state index contributed by atoms with van der Waals surface area (Å²) < 4.78 is 0.777. The van der Waals surface area contributed by atoms with Crippen LogP contribution in [0, 0.1) is 6.92 Å². The van der Waals surface area contributed by atoms with Gasteiger partial charge in [0.05, 0.1) is 12.2 Å². The van der Waals surface area contributed by atoms with Crippen molar-refractivity contribution >= 4 is 27.5 Å². The Labute approximate surface area is 132 Å². The molecule has 0 saturated heterocycles. The second-order valence-electron chi connectivity index (χ2n) is 4.78. The van der Waals surface area contributed by atoms with E-state index in [2.05, 4.69) is 31.0 Å². The van der Waals surface area contributed by atoms with Crippen molar-refractivity contribution in [1.82, 2.24) is 4.98 Å². The number of aromatic nitrogens is 1. The van der Waals surface area contributed by atoms with E-state index in [1.807, 2.05) is 50.4 Å². The number of rotatable bonds is 4. The molecular formula is C15H17BrN4O. The predicted octanol–water partition coefficient (Wildman–Crippen LogP) is 2.88. The van der Waals surface area contributed by atoms with Gasteiger partial charge < -0.3 is 15.8 Å². The third kappa shape index (κ3) is 3.72. The zero-order valence-corrected chi connectivity index (χ0v) is 13.5. The van der Waals surface area contributed by atoms with E-state index in [1.54, 1.807) is 0 Å². The first-order valence-electron chi connectivity index (χ1n) is 6.42. The number of hydrogen-bond donors (Lipinski definition) is 2. The molecule has 2 rings (SSSR count). The monoisotopic (exact) mass is 348 g/mol. The van der Waals surface area contributed by atoms with E-state index >= 15 is 0 Å². The molecule has 0 bridgehead atoms. The topological polar surface area (TPSA) is 74.7 Å². The Morgan fingerprint density at radius 1 is 1.38 bits per heavy atom. The lowest BCUT2D eigenvalue weighted by molar-refractivity contribution is 0.318. The number of aryl methyl sites for hydroxylation is 1. The van der Waals surface area contributed by atoms with Gasteiger partial charge in [-0.25, -0.2) is 0 Å². The zero-order chi connectivity index (χ0) is 15.4. The number of nitrogens with zero attached hydrogens (tertiary/aromatic N) is 3. The molecule has 6 heteroatoms. The molecule has 0 aliphatic rings. The number of anilines is 1. The van der Waals surface area contributed by atoms with Crippen molar-refractivity contribution in [3.63, 3.8) is 0 Å². The van der Waals surface area contributed by atoms with Crippen LogP contribution in [0.4, 0.5) is 5.69 Å². The number of amidine groups is 1. The smallest absolute Gasteiger partial charge is 0.171 e. The van der Waals surface area contributed by atoms with Crippen LogP contribution >= 0.6 is 15.9 Å². The second-order valence-corrected chi connectivity index (χ2v) is 5.63. The zero-order valence-electron chi connectivity index (χ0n) is 11.9. The van der Waals surface area contributed by atoms with E-state index in [0.29, 0.717) is 12.1 Å². The van der Waals surface area contributed by atoms with Crippen LogP contribution < -0.4 is 10.6 Å². The number of benzene rings is 1. The Hall–Kier alpha value is -2.08. The lowest BCUT2D eigenvalue weighted by Gasteiger charge is -2.20. The van der Waals surface area contributed by atoms with E-state index in [-0.39, 0.29) is 5.84 Å². The largest absolute Gasteiger partial charge is 0.409 e. The van der Waals surface area contributed by atoms with Crippen LogP contribution in [0.3, 0.4) is 0 Å². The molecule has 0 atom stereocenters. The van der Waals surface area contributed by atoms with E-state index in [1.165, 1.54) is 0 Å². The van der Waals surface area contributed by atoms with Crippen molar-refractivity contribution in [2.24, 2.45) is 10.9 Å². The third-order valence-corrected chi connectivity index (χ3v) is 3.78. The summed E-state index contributed by atoms with van der Waals surface area (Å²) in [5, 5.41) is 11.7. The normalized spacial score (nSPS) is 11.5. The standard InChI is InChI=1S/C15H17BrN4O/c1-10-4-3-5-11(18-10)9-20(2)12-6-7-13(14(16)8-12)15(17)19-21/h3-8,21H,9H2,1-2H3,(H2,17,19). The van der Waals surface area contributed by atoms with Crippen LogP contribution in [-0.4, -0.2) is 23.1 Å². The molecule has 0 amide bonds. The molecule has 5 nitrogen and oxygen atoms in total. The Kier molecular flexibility index (Phi) is 4.80. The quantitative estimate of drug-likeness (QED) is 0.385. The van der Waals surface area contributed by atoms with Gasteiger partial charge in [-0.1, -0.05) is 11.2 Å². The van der Waals surface area contributed by atoms with Gasteiger partial charge >= 0.3 is 0 Å². The van der Waals surface area contributed by atoms with Crippen LogP contribution in [0.25, 0.3) is 0 Å². The van der Waals surface area contributed by atoms with Gasteiger partial charge in [-0.05, 0) is 53.2 Å². The molecule has 0 saturated carbocycles. The lowest BCUT2D eigenvalue weighted by atomic mass is 10.2. The van der Waals surface area contributed by atoms with Crippen molar-refractivity contribution in [3.8, 4) is 0 Å². The van der Waals surface area contributed by atoms with Crippen LogP contribution in [0.2, 0.25) is 0 Å². The molecule has 1 aromatic heterocycles. The highest BCUT2D eigenvalue weighted by Gasteiger charge is 2.09. The molecule has 0 aliphatic carbocycles. The van der Waals surface area contributed by atoms with Crippen LogP contribution in [0.5, 0.6) is 0 Å². The average Bonchev–Trinajstić information content (AvgIpc) is 2.46. The highest BCUT2D eigenvalue weighted by molar-refractivity contribution is 9.10. The Morgan fingerprint density at radius 2 is 2.14 bits per heavy atom. The fraction of sp³-hybridized carbons (Fsp3) is 0.200. The molecule has 2 aromatic rings. The van der Waals surface area contributed by atoms with Crippen molar-refractivity contribution in [2.45, 2.75) is 13.5 Å². The van der Waals surface area contributed by atoms with Gasteiger partial charge in [0.25, 0.3) is 0 Å². The van der Waals surface area contributed by atoms with Gasteiger partial charge in [0.1, 0.15) is 0 Å².